The number of amides is 1. The van der Waals surface area contributed by atoms with E-state index in [-0.39, 0.29) is 13.1 Å². The fourth-order valence-electron chi connectivity index (χ4n) is 3.40. The van der Waals surface area contributed by atoms with Crippen LogP contribution in [0.4, 0.5) is 5.69 Å². The van der Waals surface area contributed by atoms with Crippen LogP contribution in [0.1, 0.15) is 19.4 Å². The van der Waals surface area contributed by atoms with Gasteiger partial charge >= 0.3 is 0 Å². The number of nitrogens with one attached hydrogen (secondary N) is 1. The minimum atomic E-state index is -3.68. The number of hydrogen-bond acceptors (Lipinski definition) is 5. The highest BCUT2D eigenvalue weighted by molar-refractivity contribution is 7.92. The van der Waals surface area contributed by atoms with Crippen molar-refractivity contribution in [2.45, 2.75) is 20.4 Å². The smallest absolute Gasteiger partial charge is 0.241 e. The van der Waals surface area contributed by atoms with Crippen LogP contribution in [0.2, 0.25) is 0 Å². The molecule has 0 saturated carbocycles. The van der Waals surface area contributed by atoms with Gasteiger partial charge in [-0.15, -0.1) is 0 Å². The summed E-state index contributed by atoms with van der Waals surface area (Å²) >= 11 is 0. The van der Waals surface area contributed by atoms with E-state index in [0.717, 1.165) is 26.9 Å². The summed E-state index contributed by atoms with van der Waals surface area (Å²) in [7, 11) is -3.68. The zero-order valence-electron chi connectivity index (χ0n) is 18.5. The van der Waals surface area contributed by atoms with E-state index in [2.05, 4.69) is 5.32 Å². The number of anilines is 1. The van der Waals surface area contributed by atoms with Crippen molar-refractivity contribution in [3.63, 3.8) is 0 Å². The van der Waals surface area contributed by atoms with Gasteiger partial charge in [0.05, 0.1) is 25.2 Å². The van der Waals surface area contributed by atoms with Crippen molar-refractivity contribution in [3.05, 3.63) is 66.2 Å². The average Bonchev–Trinajstić information content (AvgIpc) is 2.77. The molecule has 1 N–H and O–H groups in total. The Labute approximate surface area is 189 Å². The van der Waals surface area contributed by atoms with Crippen molar-refractivity contribution in [1.82, 2.24) is 5.32 Å². The second-order valence-electron chi connectivity index (χ2n) is 7.19. The number of ether oxygens (including phenoxy) is 2. The molecule has 0 bridgehead atoms. The number of rotatable bonds is 10. The molecule has 170 valence electrons. The molecule has 0 fully saturated rings. The Morgan fingerprint density at radius 1 is 0.938 bits per heavy atom. The summed E-state index contributed by atoms with van der Waals surface area (Å²) in [6.45, 7) is 4.71. The highest BCUT2D eigenvalue weighted by atomic mass is 32.2. The van der Waals surface area contributed by atoms with Crippen LogP contribution in [0.5, 0.6) is 11.5 Å². The van der Waals surface area contributed by atoms with E-state index in [1.54, 1.807) is 18.2 Å². The van der Waals surface area contributed by atoms with Crippen molar-refractivity contribution in [3.8, 4) is 11.5 Å². The highest BCUT2D eigenvalue weighted by Crippen LogP contribution is 2.29. The molecule has 32 heavy (non-hydrogen) atoms. The van der Waals surface area contributed by atoms with E-state index in [1.165, 1.54) is 0 Å². The Kier molecular flexibility index (Phi) is 7.58. The monoisotopic (exact) mass is 456 g/mol. The molecule has 3 aromatic carbocycles. The zero-order valence-corrected chi connectivity index (χ0v) is 19.3. The first-order valence-corrected chi connectivity index (χ1v) is 12.3. The number of hydrogen-bond donors (Lipinski definition) is 1. The second-order valence-corrected chi connectivity index (χ2v) is 9.10. The highest BCUT2D eigenvalue weighted by Gasteiger charge is 2.22. The summed E-state index contributed by atoms with van der Waals surface area (Å²) in [5, 5.41) is 4.46. The third-order valence-corrected chi connectivity index (χ3v) is 5.95. The van der Waals surface area contributed by atoms with Gasteiger partial charge in [0.15, 0.2) is 11.5 Å². The minimum Gasteiger partial charge on any atom is -0.490 e. The van der Waals surface area contributed by atoms with E-state index in [1.807, 2.05) is 56.3 Å². The topological polar surface area (TPSA) is 84.9 Å². The van der Waals surface area contributed by atoms with Crippen LogP contribution < -0.4 is 19.1 Å². The molecule has 0 aliphatic rings. The van der Waals surface area contributed by atoms with E-state index in [9.17, 15) is 13.2 Å². The second kappa shape index (κ2) is 10.4. The van der Waals surface area contributed by atoms with Crippen molar-refractivity contribution in [2.24, 2.45) is 0 Å². The SMILES string of the molecule is CCOc1ccc(CNC(=O)CN(c2cccc3ccccc23)S(C)(=O)=O)cc1OCC. The number of carbonyl (C=O) groups is 1. The maximum Gasteiger partial charge on any atom is 0.241 e. The van der Waals surface area contributed by atoms with Crippen molar-refractivity contribution < 1.29 is 22.7 Å². The lowest BCUT2D eigenvalue weighted by atomic mass is 10.1. The van der Waals surface area contributed by atoms with Crippen LogP contribution in [0.25, 0.3) is 10.8 Å². The van der Waals surface area contributed by atoms with E-state index < -0.39 is 15.9 Å². The van der Waals surface area contributed by atoms with Crippen LogP contribution in [-0.2, 0) is 21.4 Å². The predicted molar refractivity (Wildman–Crippen MR) is 127 cm³/mol. The van der Waals surface area contributed by atoms with E-state index in [0.29, 0.717) is 30.4 Å². The number of carbonyl (C=O) groups excluding carboxylic acids is 1. The van der Waals surface area contributed by atoms with E-state index >= 15 is 0 Å². The van der Waals surface area contributed by atoms with Gasteiger partial charge in [0.1, 0.15) is 6.54 Å². The Hall–Kier alpha value is -3.26. The molecular formula is C24H28N2O5S. The summed E-state index contributed by atoms with van der Waals surface area (Å²) in [6, 6.07) is 18.3. The summed E-state index contributed by atoms with van der Waals surface area (Å²) in [5.41, 5.74) is 1.29. The Balaban J connectivity index is 1.76. The number of fused-ring (bicyclic) bond motifs is 1. The molecule has 0 radical (unpaired) electrons. The van der Waals surface area contributed by atoms with Gasteiger partial charge < -0.3 is 14.8 Å². The molecule has 0 aliphatic heterocycles. The minimum absolute atomic E-state index is 0.235. The predicted octanol–water partition coefficient (Wildman–Crippen LogP) is 3.72. The quantitative estimate of drug-likeness (QED) is 0.503. The Morgan fingerprint density at radius 2 is 1.62 bits per heavy atom. The van der Waals surface area contributed by atoms with Crippen LogP contribution >= 0.6 is 0 Å². The molecule has 8 heteroatoms. The summed E-state index contributed by atoms with van der Waals surface area (Å²) < 4.78 is 37.3. The molecule has 0 spiro atoms. The maximum absolute atomic E-state index is 12.7. The van der Waals surface area contributed by atoms with Crippen LogP contribution in [0, 0.1) is 0 Å². The molecular weight excluding hydrogens is 428 g/mol. The number of sulfonamides is 1. The summed E-state index contributed by atoms with van der Waals surface area (Å²) in [5.74, 6) is 0.841. The van der Waals surface area contributed by atoms with Gasteiger partial charge in [0.25, 0.3) is 0 Å². The molecule has 0 unspecified atom stereocenters. The van der Waals surface area contributed by atoms with Gasteiger partial charge in [-0.05, 0) is 43.0 Å². The standard InChI is InChI=1S/C24H28N2O5S/c1-4-30-22-14-13-18(15-23(22)31-5-2)16-25-24(27)17-26(32(3,28)29)21-12-8-10-19-9-6-7-11-20(19)21/h6-15H,4-5,16-17H2,1-3H3,(H,25,27). The molecule has 0 aromatic heterocycles. The lowest BCUT2D eigenvalue weighted by Crippen LogP contribution is -2.40. The van der Waals surface area contributed by atoms with Gasteiger partial charge in [-0.2, -0.15) is 0 Å². The van der Waals surface area contributed by atoms with Gasteiger partial charge in [-0.1, -0.05) is 42.5 Å². The van der Waals surface area contributed by atoms with Gasteiger partial charge in [0.2, 0.25) is 15.9 Å². The van der Waals surface area contributed by atoms with E-state index in [4.69, 9.17) is 9.47 Å². The number of benzene rings is 3. The van der Waals surface area contributed by atoms with Crippen molar-refractivity contribution >= 4 is 32.4 Å². The summed E-state index contributed by atoms with van der Waals surface area (Å²) in [6.07, 6.45) is 1.10. The number of nitrogens with zero attached hydrogens (tertiary/aromatic N) is 1. The zero-order chi connectivity index (χ0) is 23.1. The van der Waals surface area contributed by atoms with Gasteiger partial charge in [-0.3, -0.25) is 9.10 Å². The van der Waals surface area contributed by atoms with Crippen molar-refractivity contribution in [1.29, 1.82) is 0 Å². The molecule has 3 aromatic rings. The third-order valence-electron chi connectivity index (χ3n) is 4.82. The molecule has 3 rings (SSSR count). The molecule has 7 nitrogen and oxygen atoms in total. The first-order chi connectivity index (χ1) is 15.3. The molecule has 0 aliphatic carbocycles. The molecule has 0 saturated heterocycles. The van der Waals surface area contributed by atoms with Crippen molar-refractivity contribution in [2.75, 3.05) is 30.3 Å². The van der Waals surface area contributed by atoms with Crippen LogP contribution in [-0.4, -0.2) is 40.3 Å². The lowest BCUT2D eigenvalue weighted by molar-refractivity contribution is -0.119. The lowest BCUT2D eigenvalue weighted by Gasteiger charge is -2.23. The Bertz CT molecular complexity index is 1190. The fraction of sp³-hybridized carbons (Fsp3) is 0.292. The van der Waals surface area contributed by atoms with Gasteiger partial charge in [0, 0.05) is 11.9 Å². The largest absolute Gasteiger partial charge is 0.490 e. The maximum atomic E-state index is 12.7. The van der Waals surface area contributed by atoms with Gasteiger partial charge in [-0.25, -0.2) is 8.42 Å². The summed E-state index contributed by atoms with van der Waals surface area (Å²) in [4.78, 5) is 12.7. The molecule has 1 amide bonds. The molecule has 0 heterocycles. The van der Waals surface area contributed by atoms with Crippen LogP contribution in [0.15, 0.2) is 60.7 Å². The third kappa shape index (κ3) is 5.70. The first-order valence-electron chi connectivity index (χ1n) is 10.4. The first kappa shape index (κ1) is 23.4. The average molecular weight is 457 g/mol. The molecule has 0 atom stereocenters. The fourth-order valence-corrected chi connectivity index (χ4v) is 4.27. The van der Waals surface area contributed by atoms with Crippen LogP contribution in [0.3, 0.4) is 0 Å². The Morgan fingerprint density at radius 3 is 2.34 bits per heavy atom. The normalized spacial score (nSPS) is 11.2.